The summed E-state index contributed by atoms with van der Waals surface area (Å²) in [6.45, 7) is 7.40. The summed E-state index contributed by atoms with van der Waals surface area (Å²) in [6, 6.07) is 2.56. The van der Waals surface area contributed by atoms with E-state index in [1.54, 1.807) is 4.90 Å². The molecule has 2 aliphatic rings. The van der Waals surface area contributed by atoms with Crippen molar-refractivity contribution in [3.63, 3.8) is 0 Å². The van der Waals surface area contributed by atoms with Crippen molar-refractivity contribution in [3.8, 4) is 0 Å². The molecule has 28 heavy (non-hydrogen) atoms. The first kappa shape index (κ1) is 21.1. The van der Waals surface area contributed by atoms with E-state index < -0.39 is 21.7 Å². The molecule has 0 unspecified atom stereocenters. The fourth-order valence-electron chi connectivity index (χ4n) is 4.18. The van der Waals surface area contributed by atoms with Gasteiger partial charge in [0.05, 0.1) is 11.4 Å². The lowest BCUT2D eigenvalue weighted by Crippen LogP contribution is -2.53. The van der Waals surface area contributed by atoms with Crippen LogP contribution in [0.2, 0.25) is 0 Å². The minimum atomic E-state index is -3.91. The number of piperazine rings is 1. The zero-order valence-corrected chi connectivity index (χ0v) is 17.1. The van der Waals surface area contributed by atoms with E-state index in [0.717, 1.165) is 25.2 Å². The van der Waals surface area contributed by atoms with E-state index in [-0.39, 0.29) is 23.9 Å². The Balaban J connectivity index is 1.57. The van der Waals surface area contributed by atoms with Gasteiger partial charge >= 0.3 is 0 Å². The molecule has 9 heteroatoms. The van der Waals surface area contributed by atoms with Crippen LogP contribution in [0.4, 0.5) is 8.78 Å². The Morgan fingerprint density at radius 3 is 2.21 bits per heavy atom. The summed E-state index contributed by atoms with van der Waals surface area (Å²) in [5.41, 5.74) is 0. The van der Waals surface area contributed by atoms with Crippen LogP contribution < -0.4 is 0 Å². The standard InChI is InChI=1S/C19H27F2N3O3S/c1-14-9-15(2)12-22(11-14)13-19(25)23-5-7-24(8-6-23)28(26,27)16-3-4-17(20)18(21)10-16/h3-4,10,14-15H,5-9,11-13H2,1-2H3/t14-,15-/m1/s1. The lowest BCUT2D eigenvalue weighted by atomic mass is 9.92. The van der Waals surface area contributed by atoms with E-state index in [1.165, 1.54) is 10.7 Å². The highest BCUT2D eigenvalue weighted by molar-refractivity contribution is 7.89. The van der Waals surface area contributed by atoms with Crippen molar-refractivity contribution in [2.75, 3.05) is 45.8 Å². The third-order valence-electron chi connectivity index (χ3n) is 5.42. The maximum atomic E-state index is 13.4. The predicted octanol–water partition coefficient (Wildman–Crippen LogP) is 1.78. The smallest absolute Gasteiger partial charge is 0.243 e. The number of rotatable bonds is 4. The molecule has 2 heterocycles. The number of halogens is 2. The van der Waals surface area contributed by atoms with Gasteiger partial charge in [0.15, 0.2) is 11.6 Å². The second kappa shape index (κ2) is 8.42. The van der Waals surface area contributed by atoms with Gasteiger partial charge in [0.25, 0.3) is 0 Å². The monoisotopic (exact) mass is 415 g/mol. The normalized spacial score (nSPS) is 25.1. The zero-order chi connectivity index (χ0) is 20.5. The molecule has 6 nitrogen and oxygen atoms in total. The fraction of sp³-hybridized carbons (Fsp3) is 0.632. The number of nitrogens with zero attached hydrogens (tertiary/aromatic N) is 3. The van der Waals surface area contributed by atoms with Gasteiger partial charge < -0.3 is 4.90 Å². The summed E-state index contributed by atoms with van der Waals surface area (Å²) in [5.74, 6) is -1.15. The zero-order valence-electron chi connectivity index (χ0n) is 16.3. The van der Waals surface area contributed by atoms with Gasteiger partial charge in [0.1, 0.15) is 0 Å². The first-order valence-electron chi connectivity index (χ1n) is 9.62. The molecular formula is C19H27F2N3O3S. The van der Waals surface area contributed by atoms with Crippen molar-refractivity contribution in [1.82, 2.24) is 14.1 Å². The number of hydrogen-bond acceptors (Lipinski definition) is 4. The first-order valence-corrected chi connectivity index (χ1v) is 11.1. The molecule has 3 rings (SSSR count). The summed E-state index contributed by atoms with van der Waals surface area (Å²) < 4.78 is 53.0. The van der Waals surface area contributed by atoms with E-state index in [2.05, 4.69) is 18.7 Å². The van der Waals surface area contributed by atoms with Crippen molar-refractivity contribution in [3.05, 3.63) is 29.8 Å². The predicted molar refractivity (Wildman–Crippen MR) is 101 cm³/mol. The summed E-state index contributed by atoms with van der Waals surface area (Å²) >= 11 is 0. The summed E-state index contributed by atoms with van der Waals surface area (Å²) in [4.78, 5) is 16.2. The Hall–Kier alpha value is -1.58. The number of hydrogen-bond donors (Lipinski definition) is 0. The number of piperidine rings is 1. The highest BCUT2D eigenvalue weighted by atomic mass is 32.2. The SMILES string of the molecule is C[C@@H]1C[C@@H](C)CN(CC(=O)N2CCN(S(=O)(=O)c3ccc(F)c(F)c3)CC2)C1. The highest BCUT2D eigenvalue weighted by Gasteiger charge is 2.32. The number of amides is 1. The molecule has 1 aromatic carbocycles. The summed E-state index contributed by atoms with van der Waals surface area (Å²) in [5, 5.41) is 0. The lowest BCUT2D eigenvalue weighted by molar-refractivity contribution is -0.134. The quantitative estimate of drug-likeness (QED) is 0.752. The van der Waals surface area contributed by atoms with Gasteiger partial charge in [-0.2, -0.15) is 4.31 Å². The molecule has 1 amide bonds. The Labute approximate surface area is 165 Å². The van der Waals surface area contributed by atoms with Gasteiger partial charge in [-0.15, -0.1) is 0 Å². The van der Waals surface area contributed by atoms with Crippen LogP contribution in [0.5, 0.6) is 0 Å². The van der Waals surface area contributed by atoms with Crippen molar-refractivity contribution in [1.29, 1.82) is 0 Å². The van der Waals surface area contributed by atoms with Gasteiger partial charge in [-0.25, -0.2) is 17.2 Å². The second-order valence-electron chi connectivity index (χ2n) is 8.00. The lowest BCUT2D eigenvalue weighted by Gasteiger charge is -2.38. The van der Waals surface area contributed by atoms with Gasteiger partial charge in [-0.1, -0.05) is 13.8 Å². The van der Waals surface area contributed by atoms with Crippen LogP contribution in [0.3, 0.4) is 0 Å². The number of carbonyl (C=O) groups excluding carboxylic acids is 1. The van der Waals surface area contributed by atoms with E-state index in [4.69, 9.17) is 0 Å². The topological polar surface area (TPSA) is 60.9 Å². The third kappa shape index (κ3) is 4.69. The van der Waals surface area contributed by atoms with Gasteiger partial charge in [-0.3, -0.25) is 9.69 Å². The molecule has 0 N–H and O–H groups in total. The minimum absolute atomic E-state index is 0.00572. The molecule has 0 bridgehead atoms. The molecule has 0 radical (unpaired) electrons. The third-order valence-corrected chi connectivity index (χ3v) is 7.32. The van der Waals surface area contributed by atoms with E-state index >= 15 is 0 Å². The van der Waals surface area contributed by atoms with Crippen LogP contribution in [0.1, 0.15) is 20.3 Å². The van der Waals surface area contributed by atoms with Crippen molar-refractivity contribution < 1.29 is 22.0 Å². The molecule has 0 spiro atoms. The van der Waals surface area contributed by atoms with E-state index in [1.807, 2.05) is 0 Å². The van der Waals surface area contributed by atoms with Crippen molar-refractivity contribution in [2.45, 2.75) is 25.2 Å². The van der Waals surface area contributed by atoms with Crippen molar-refractivity contribution in [2.24, 2.45) is 11.8 Å². The fourth-order valence-corrected chi connectivity index (χ4v) is 5.61. The van der Waals surface area contributed by atoms with Crippen LogP contribution in [-0.2, 0) is 14.8 Å². The maximum absolute atomic E-state index is 13.4. The number of sulfonamides is 1. The molecule has 2 fully saturated rings. The van der Waals surface area contributed by atoms with E-state index in [0.29, 0.717) is 37.5 Å². The Morgan fingerprint density at radius 1 is 1.04 bits per heavy atom. The average molecular weight is 416 g/mol. The molecule has 2 atom stereocenters. The second-order valence-corrected chi connectivity index (χ2v) is 9.94. The van der Waals surface area contributed by atoms with Crippen LogP contribution in [-0.4, -0.2) is 74.2 Å². The Kier molecular flexibility index (Phi) is 6.36. The van der Waals surface area contributed by atoms with Crippen LogP contribution in [0, 0.1) is 23.5 Å². The van der Waals surface area contributed by atoms with Gasteiger partial charge in [0, 0.05) is 39.3 Å². The first-order chi connectivity index (χ1) is 13.2. The maximum Gasteiger partial charge on any atom is 0.243 e. The van der Waals surface area contributed by atoms with Gasteiger partial charge in [-0.05, 0) is 36.5 Å². The Bertz CT molecular complexity index is 816. The van der Waals surface area contributed by atoms with E-state index in [9.17, 15) is 22.0 Å². The Morgan fingerprint density at radius 2 is 1.64 bits per heavy atom. The van der Waals surface area contributed by atoms with Crippen molar-refractivity contribution >= 4 is 15.9 Å². The number of carbonyl (C=O) groups is 1. The van der Waals surface area contributed by atoms with Crippen LogP contribution >= 0.6 is 0 Å². The molecular weight excluding hydrogens is 388 g/mol. The number of likely N-dealkylation sites (tertiary alicyclic amines) is 1. The molecule has 156 valence electrons. The van der Waals surface area contributed by atoms with Crippen LogP contribution in [0.15, 0.2) is 23.1 Å². The molecule has 2 saturated heterocycles. The molecule has 2 aliphatic heterocycles. The average Bonchev–Trinajstić information content (AvgIpc) is 2.63. The largest absolute Gasteiger partial charge is 0.339 e. The highest BCUT2D eigenvalue weighted by Crippen LogP contribution is 2.22. The molecule has 1 aromatic rings. The number of benzene rings is 1. The minimum Gasteiger partial charge on any atom is -0.339 e. The summed E-state index contributed by atoms with van der Waals surface area (Å²) in [6.07, 6.45) is 1.17. The molecule has 0 aliphatic carbocycles. The summed E-state index contributed by atoms with van der Waals surface area (Å²) in [7, 11) is -3.91. The van der Waals surface area contributed by atoms with Crippen LogP contribution in [0.25, 0.3) is 0 Å². The molecule has 0 aromatic heterocycles. The molecule has 0 saturated carbocycles. The van der Waals surface area contributed by atoms with Gasteiger partial charge in [0.2, 0.25) is 15.9 Å².